The second kappa shape index (κ2) is 3.03. The first kappa shape index (κ1) is 5.10. The number of nitrogens with one attached hydrogen (secondary N) is 1. The maximum absolute atomic E-state index is 3.35. The molecule has 0 atom stereocenters. The van der Waals surface area contributed by atoms with E-state index in [1.165, 1.54) is 38.8 Å². The van der Waals surface area contributed by atoms with Gasteiger partial charge < -0.3 is 5.32 Å². The van der Waals surface area contributed by atoms with Crippen LogP contribution in [0.5, 0.6) is 0 Å². The Kier molecular flexibility index (Phi) is 2.21. The van der Waals surface area contributed by atoms with Crippen LogP contribution in [0, 0.1) is 0 Å². The van der Waals surface area contributed by atoms with Crippen molar-refractivity contribution in [2.75, 3.05) is 13.1 Å². The summed E-state index contributed by atoms with van der Waals surface area (Å²) in [5.41, 5.74) is 0. The van der Waals surface area contributed by atoms with E-state index in [4.69, 9.17) is 0 Å². The molecule has 0 unspecified atom stereocenters. The van der Waals surface area contributed by atoms with Gasteiger partial charge in [0.25, 0.3) is 0 Å². The summed E-state index contributed by atoms with van der Waals surface area (Å²) in [6.45, 7) is 2.50. The lowest BCUT2D eigenvalue weighted by Crippen LogP contribution is -2.12. The van der Waals surface area contributed by atoms with Crippen LogP contribution in [0.4, 0.5) is 0 Å². The molecule has 0 aromatic carbocycles. The molecule has 0 aliphatic carbocycles. The van der Waals surface area contributed by atoms with Gasteiger partial charge in [-0.25, -0.2) is 0 Å². The molecule has 0 aromatic rings. The molecule has 1 nitrogen and oxygen atoms in total. The van der Waals surface area contributed by atoms with Gasteiger partial charge in [-0.2, -0.15) is 0 Å². The fourth-order valence-electron chi connectivity index (χ4n) is 0.979. The van der Waals surface area contributed by atoms with Gasteiger partial charge in [-0.3, -0.25) is 0 Å². The van der Waals surface area contributed by atoms with Crippen molar-refractivity contribution in [3.05, 3.63) is 0 Å². The van der Waals surface area contributed by atoms with E-state index in [0.29, 0.717) is 0 Å². The summed E-state index contributed by atoms with van der Waals surface area (Å²) in [5.74, 6) is 0. The van der Waals surface area contributed by atoms with Crippen molar-refractivity contribution in [1.29, 1.82) is 0 Å². The lowest BCUT2D eigenvalue weighted by molar-refractivity contribution is 0.702. The molecule has 1 aliphatic rings. The van der Waals surface area contributed by atoms with Gasteiger partial charge in [0.15, 0.2) is 0 Å². The van der Waals surface area contributed by atoms with Crippen molar-refractivity contribution in [1.82, 2.24) is 5.32 Å². The van der Waals surface area contributed by atoms with E-state index in [-0.39, 0.29) is 1.43 Å². The third-order valence-corrected chi connectivity index (χ3v) is 1.46. The summed E-state index contributed by atoms with van der Waals surface area (Å²) in [6, 6.07) is 0. The van der Waals surface area contributed by atoms with Crippen LogP contribution >= 0.6 is 0 Å². The van der Waals surface area contributed by atoms with Crippen molar-refractivity contribution in [2.45, 2.75) is 25.7 Å². The van der Waals surface area contributed by atoms with Crippen LogP contribution < -0.4 is 5.32 Å². The second-order valence-electron chi connectivity index (χ2n) is 2.16. The van der Waals surface area contributed by atoms with Gasteiger partial charge in [0.2, 0.25) is 0 Å². The minimum atomic E-state index is 0. The molecule has 1 fully saturated rings. The Morgan fingerprint density at radius 3 is 2.00 bits per heavy atom. The zero-order chi connectivity index (χ0) is 4.95. The Balaban J connectivity index is 0.000000490. The van der Waals surface area contributed by atoms with Crippen LogP contribution in [0.2, 0.25) is 0 Å². The van der Waals surface area contributed by atoms with Gasteiger partial charge in [0.1, 0.15) is 0 Å². The number of hydrogen-bond acceptors (Lipinski definition) is 1. The maximum Gasteiger partial charge on any atom is 0 e. The molecule has 1 heteroatoms. The van der Waals surface area contributed by atoms with Crippen molar-refractivity contribution in [3.8, 4) is 0 Å². The average molecular weight is 101 g/mol. The summed E-state index contributed by atoms with van der Waals surface area (Å²) in [7, 11) is 0. The highest BCUT2D eigenvalue weighted by atomic mass is 14.8. The van der Waals surface area contributed by atoms with E-state index in [1.54, 1.807) is 0 Å². The molecule has 0 bridgehead atoms. The highest BCUT2D eigenvalue weighted by Gasteiger charge is 1.94. The summed E-state index contributed by atoms with van der Waals surface area (Å²) in [5, 5.41) is 3.35. The van der Waals surface area contributed by atoms with Crippen molar-refractivity contribution >= 4 is 0 Å². The summed E-state index contributed by atoms with van der Waals surface area (Å²) >= 11 is 0. The normalized spacial score (nSPS) is 24.0. The van der Waals surface area contributed by atoms with Gasteiger partial charge in [-0.05, 0) is 25.9 Å². The Morgan fingerprint density at radius 1 is 0.857 bits per heavy atom. The Bertz CT molecular complexity index is 28.1. The molecular weight excluding hydrogens is 86.1 g/mol. The van der Waals surface area contributed by atoms with E-state index in [1.807, 2.05) is 0 Å². The van der Waals surface area contributed by atoms with Crippen LogP contribution in [-0.4, -0.2) is 13.1 Å². The van der Waals surface area contributed by atoms with Gasteiger partial charge >= 0.3 is 0 Å². The topological polar surface area (TPSA) is 12.0 Å². The molecule has 1 saturated heterocycles. The van der Waals surface area contributed by atoms with Crippen molar-refractivity contribution in [2.24, 2.45) is 0 Å². The molecular formula is C6H15N. The van der Waals surface area contributed by atoms with E-state index in [0.717, 1.165) is 0 Å². The highest BCUT2D eigenvalue weighted by Crippen LogP contribution is 2.00. The Labute approximate surface area is 46.6 Å². The third kappa shape index (κ3) is 1.93. The minimum absolute atomic E-state index is 0. The Hall–Kier alpha value is -0.0400. The summed E-state index contributed by atoms with van der Waals surface area (Å²) in [6.07, 6.45) is 5.65. The lowest BCUT2D eigenvalue weighted by Gasteiger charge is -1.91. The van der Waals surface area contributed by atoms with Crippen LogP contribution in [0.15, 0.2) is 0 Å². The van der Waals surface area contributed by atoms with Crippen LogP contribution in [0.1, 0.15) is 27.1 Å². The van der Waals surface area contributed by atoms with Gasteiger partial charge in [0.05, 0.1) is 0 Å². The van der Waals surface area contributed by atoms with E-state index in [2.05, 4.69) is 5.32 Å². The molecule has 0 saturated carbocycles. The van der Waals surface area contributed by atoms with Crippen LogP contribution in [0.25, 0.3) is 0 Å². The molecule has 1 rings (SSSR count). The largest absolute Gasteiger partial charge is 0.317 e. The fourth-order valence-corrected chi connectivity index (χ4v) is 0.979. The number of rotatable bonds is 0. The molecule has 0 radical (unpaired) electrons. The average Bonchev–Trinajstić information content (AvgIpc) is 1.90. The SMILES string of the molecule is C1CCCNCC1.[HH]. The van der Waals surface area contributed by atoms with Gasteiger partial charge in [-0.15, -0.1) is 0 Å². The monoisotopic (exact) mass is 101 g/mol. The second-order valence-corrected chi connectivity index (χ2v) is 2.16. The molecule has 0 aromatic heterocycles. The van der Waals surface area contributed by atoms with Crippen LogP contribution in [-0.2, 0) is 0 Å². The quantitative estimate of drug-likeness (QED) is 0.486. The molecule has 1 heterocycles. The first-order valence-corrected chi connectivity index (χ1v) is 3.21. The summed E-state index contributed by atoms with van der Waals surface area (Å²) < 4.78 is 0. The van der Waals surface area contributed by atoms with Crippen LogP contribution in [0.3, 0.4) is 0 Å². The first-order valence-electron chi connectivity index (χ1n) is 3.21. The predicted molar refractivity (Wildman–Crippen MR) is 33.5 cm³/mol. The molecule has 1 aliphatic heterocycles. The molecule has 44 valence electrons. The summed E-state index contributed by atoms with van der Waals surface area (Å²) in [4.78, 5) is 0. The molecule has 0 amide bonds. The zero-order valence-corrected chi connectivity index (χ0v) is 4.74. The smallest absolute Gasteiger partial charge is 0 e. The van der Waals surface area contributed by atoms with E-state index in [9.17, 15) is 0 Å². The fraction of sp³-hybridized carbons (Fsp3) is 1.00. The van der Waals surface area contributed by atoms with Crippen molar-refractivity contribution in [3.63, 3.8) is 0 Å². The van der Waals surface area contributed by atoms with Gasteiger partial charge in [-0.1, -0.05) is 12.8 Å². The highest BCUT2D eigenvalue weighted by molar-refractivity contribution is 4.54. The maximum atomic E-state index is 3.35. The Morgan fingerprint density at radius 2 is 1.43 bits per heavy atom. The standard InChI is InChI=1S/C6H13N.H2/c1-2-4-6-7-5-3-1;/h7H,1-6H2;1H. The molecule has 0 spiro atoms. The minimum Gasteiger partial charge on any atom is -0.317 e. The van der Waals surface area contributed by atoms with E-state index >= 15 is 0 Å². The first-order chi connectivity index (χ1) is 3.50. The molecule has 7 heavy (non-hydrogen) atoms. The van der Waals surface area contributed by atoms with E-state index < -0.39 is 0 Å². The number of hydrogen-bond donors (Lipinski definition) is 1. The van der Waals surface area contributed by atoms with Gasteiger partial charge in [0, 0.05) is 1.43 Å². The lowest BCUT2D eigenvalue weighted by atomic mass is 10.2. The van der Waals surface area contributed by atoms with Crippen molar-refractivity contribution < 1.29 is 1.43 Å². The predicted octanol–water partition coefficient (Wildman–Crippen LogP) is 1.40. The zero-order valence-electron chi connectivity index (χ0n) is 4.74. The molecule has 1 N–H and O–H groups in total. The third-order valence-electron chi connectivity index (χ3n) is 1.46.